The lowest BCUT2D eigenvalue weighted by Crippen LogP contribution is -2.49. The van der Waals surface area contributed by atoms with Crippen LogP contribution in [0.4, 0.5) is 23.4 Å². The molecule has 2 rings (SSSR count). The third-order valence-electron chi connectivity index (χ3n) is 2.28. The highest BCUT2D eigenvalue weighted by atomic mass is 19.4. The molecule has 0 saturated carbocycles. The second-order valence-corrected chi connectivity index (χ2v) is 3.66. The summed E-state index contributed by atoms with van der Waals surface area (Å²) in [6.07, 6.45) is -5.48. The molecule has 0 N–H and O–H groups in total. The predicted molar refractivity (Wildman–Crippen MR) is 48.9 cm³/mol. The van der Waals surface area contributed by atoms with Crippen molar-refractivity contribution in [2.75, 3.05) is 18.0 Å². The van der Waals surface area contributed by atoms with Crippen LogP contribution in [0, 0.1) is 6.92 Å². The van der Waals surface area contributed by atoms with Crippen LogP contribution in [-0.4, -0.2) is 29.2 Å². The maximum absolute atomic E-state index is 12.6. The van der Waals surface area contributed by atoms with Gasteiger partial charge in [-0.1, -0.05) is 0 Å². The molecular weight excluding hydrogens is 226 g/mol. The van der Waals surface area contributed by atoms with Gasteiger partial charge in [0.2, 0.25) is 0 Å². The first kappa shape index (κ1) is 11.1. The fourth-order valence-electron chi connectivity index (χ4n) is 1.47. The summed E-state index contributed by atoms with van der Waals surface area (Å²) < 4.78 is 49.9. The molecule has 3 nitrogen and oxygen atoms in total. The number of aromatic nitrogens is 2. The molecule has 0 radical (unpaired) electrons. The molecule has 7 heteroatoms. The van der Waals surface area contributed by atoms with Crippen LogP contribution in [0.1, 0.15) is 11.5 Å². The monoisotopic (exact) mass is 235 g/mol. The predicted octanol–water partition coefficient (Wildman–Crippen LogP) is 1.96. The highest BCUT2D eigenvalue weighted by Gasteiger charge is 2.35. The number of hydrogen-bond donors (Lipinski definition) is 0. The Balaban J connectivity index is 2.30. The Kier molecular flexibility index (Phi) is 2.47. The van der Waals surface area contributed by atoms with Crippen LogP contribution in [0.3, 0.4) is 0 Å². The summed E-state index contributed by atoms with van der Waals surface area (Å²) in [6, 6.07) is 0.846. The van der Waals surface area contributed by atoms with Crippen molar-refractivity contribution in [1.29, 1.82) is 0 Å². The fourth-order valence-corrected chi connectivity index (χ4v) is 1.47. The number of anilines is 1. The molecule has 1 aliphatic rings. The quantitative estimate of drug-likeness (QED) is 0.697. The Labute approximate surface area is 89.1 Å². The van der Waals surface area contributed by atoms with Crippen LogP contribution in [0.15, 0.2) is 6.07 Å². The van der Waals surface area contributed by atoms with Gasteiger partial charge in [0.1, 0.15) is 23.5 Å². The van der Waals surface area contributed by atoms with Gasteiger partial charge in [-0.25, -0.2) is 14.4 Å². The Morgan fingerprint density at radius 1 is 1.31 bits per heavy atom. The van der Waals surface area contributed by atoms with E-state index < -0.39 is 18.0 Å². The Morgan fingerprint density at radius 3 is 2.44 bits per heavy atom. The summed E-state index contributed by atoms with van der Waals surface area (Å²) in [5.74, 6) is 0.167. The zero-order valence-corrected chi connectivity index (χ0v) is 8.42. The lowest BCUT2D eigenvalue weighted by atomic mass is 10.2. The van der Waals surface area contributed by atoms with Gasteiger partial charge in [0.05, 0.1) is 13.1 Å². The van der Waals surface area contributed by atoms with Gasteiger partial charge in [-0.2, -0.15) is 13.2 Å². The van der Waals surface area contributed by atoms with Crippen molar-refractivity contribution in [3.8, 4) is 0 Å². The van der Waals surface area contributed by atoms with E-state index in [1.54, 1.807) is 0 Å². The maximum Gasteiger partial charge on any atom is 0.433 e. The molecule has 88 valence electrons. The van der Waals surface area contributed by atoms with Crippen molar-refractivity contribution in [2.45, 2.75) is 19.3 Å². The molecule has 2 heterocycles. The van der Waals surface area contributed by atoms with Gasteiger partial charge in [-0.3, -0.25) is 0 Å². The minimum Gasteiger partial charge on any atom is -0.351 e. The second kappa shape index (κ2) is 3.57. The second-order valence-electron chi connectivity index (χ2n) is 3.66. The highest BCUT2D eigenvalue weighted by molar-refractivity contribution is 5.43. The highest BCUT2D eigenvalue weighted by Crippen LogP contribution is 2.30. The summed E-state index contributed by atoms with van der Waals surface area (Å²) in [6.45, 7) is 1.56. The van der Waals surface area contributed by atoms with E-state index in [0.29, 0.717) is 0 Å². The van der Waals surface area contributed by atoms with Crippen LogP contribution >= 0.6 is 0 Å². The topological polar surface area (TPSA) is 29.0 Å². The molecular formula is C9H9F4N3. The number of halogens is 4. The first-order chi connectivity index (χ1) is 7.36. The summed E-state index contributed by atoms with van der Waals surface area (Å²) in [4.78, 5) is 8.61. The molecule has 16 heavy (non-hydrogen) atoms. The molecule has 1 aromatic heterocycles. The van der Waals surface area contributed by atoms with Crippen LogP contribution in [0.25, 0.3) is 0 Å². The van der Waals surface area contributed by atoms with E-state index in [2.05, 4.69) is 9.97 Å². The van der Waals surface area contributed by atoms with Gasteiger partial charge in [0.25, 0.3) is 0 Å². The number of hydrogen-bond acceptors (Lipinski definition) is 3. The van der Waals surface area contributed by atoms with E-state index in [-0.39, 0.29) is 24.7 Å². The van der Waals surface area contributed by atoms with Gasteiger partial charge >= 0.3 is 6.18 Å². The van der Waals surface area contributed by atoms with Gasteiger partial charge in [0.15, 0.2) is 0 Å². The number of nitrogens with zero attached hydrogens (tertiary/aromatic N) is 3. The van der Waals surface area contributed by atoms with E-state index >= 15 is 0 Å². The third-order valence-corrected chi connectivity index (χ3v) is 2.28. The van der Waals surface area contributed by atoms with Crippen molar-refractivity contribution in [3.63, 3.8) is 0 Å². The van der Waals surface area contributed by atoms with Gasteiger partial charge in [-0.05, 0) is 6.92 Å². The average molecular weight is 235 g/mol. The van der Waals surface area contributed by atoms with Crippen molar-refractivity contribution in [2.24, 2.45) is 0 Å². The Bertz CT molecular complexity index is 398. The van der Waals surface area contributed by atoms with Crippen molar-refractivity contribution in [3.05, 3.63) is 17.6 Å². The summed E-state index contributed by atoms with van der Waals surface area (Å²) in [7, 11) is 0. The van der Waals surface area contributed by atoms with E-state index in [1.165, 1.54) is 11.8 Å². The fraction of sp³-hybridized carbons (Fsp3) is 0.556. The first-order valence-electron chi connectivity index (χ1n) is 4.68. The Morgan fingerprint density at radius 2 is 1.94 bits per heavy atom. The summed E-state index contributed by atoms with van der Waals surface area (Å²) in [5.41, 5.74) is -0.989. The molecule has 0 aromatic carbocycles. The van der Waals surface area contributed by atoms with Crippen molar-refractivity contribution in [1.82, 2.24) is 9.97 Å². The summed E-state index contributed by atoms with van der Waals surface area (Å²) in [5, 5.41) is 0. The van der Waals surface area contributed by atoms with Crippen LogP contribution in [0.2, 0.25) is 0 Å². The molecule has 0 spiro atoms. The molecule has 1 fully saturated rings. The van der Waals surface area contributed by atoms with E-state index in [9.17, 15) is 17.6 Å². The lowest BCUT2D eigenvalue weighted by Gasteiger charge is -2.35. The van der Waals surface area contributed by atoms with Crippen LogP contribution < -0.4 is 4.90 Å². The van der Waals surface area contributed by atoms with E-state index in [0.717, 1.165) is 6.07 Å². The smallest absolute Gasteiger partial charge is 0.351 e. The number of aryl methyl sites for hydroxylation is 1. The van der Waals surface area contributed by atoms with Gasteiger partial charge < -0.3 is 4.90 Å². The molecule has 1 aromatic rings. The lowest BCUT2D eigenvalue weighted by molar-refractivity contribution is -0.141. The molecule has 0 atom stereocenters. The van der Waals surface area contributed by atoms with Crippen LogP contribution in [0.5, 0.6) is 0 Å². The van der Waals surface area contributed by atoms with Gasteiger partial charge in [-0.15, -0.1) is 0 Å². The molecule has 0 unspecified atom stereocenters. The van der Waals surface area contributed by atoms with Gasteiger partial charge in [0, 0.05) is 6.07 Å². The number of rotatable bonds is 1. The standard InChI is InChI=1S/C9H9F4N3/c1-5-14-7(9(11,12)13)2-8(15-5)16-3-6(10)4-16/h2,6H,3-4H2,1H3. The summed E-state index contributed by atoms with van der Waals surface area (Å²) >= 11 is 0. The molecule has 0 amide bonds. The minimum absolute atomic E-state index is 0.0344. The van der Waals surface area contributed by atoms with E-state index in [4.69, 9.17) is 0 Å². The maximum atomic E-state index is 12.6. The SMILES string of the molecule is Cc1nc(N2CC(F)C2)cc(C(F)(F)F)n1. The van der Waals surface area contributed by atoms with Crippen molar-refractivity contribution < 1.29 is 17.6 Å². The van der Waals surface area contributed by atoms with Crippen LogP contribution in [-0.2, 0) is 6.18 Å². The Hall–Kier alpha value is -1.40. The first-order valence-corrected chi connectivity index (χ1v) is 4.68. The van der Waals surface area contributed by atoms with Crippen molar-refractivity contribution >= 4 is 5.82 Å². The van der Waals surface area contributed by atoms with E-state index in [1.807, 2.05) is 0 Å². The largest absolute Gasteiger partial charge is 0.433 e. The minimum atomic E-state index is -4.50. The molecule has 1 aliphatic heterocycles. The molecule has 0 bridgehead atoms. The molecule has 1 saturated heterocycles. The zero-order valence-electron chi connectivity index (χ0n) is 8.42. The average Bonchev–Trinajstić information content (AvgIpc) is 2.10. The number of alkyl halides is 4. The zero-order chi connectivity index (χ0) is 11.9. The third kappa shape index (κ3) is 2.07. The molecule has 0 aliphatic carbocycles. The normalized spacial score (nSPS) is 17.4.